The van der Waals surface area contributed by atoms with Gasteiger partial charge < -0.3 is 0 Å². The van der Waals surface area contributed by atoms with Crippen LogP contribution in [0.15, 0.2) is 0 Å². The van der Waals surface area contributed by atoms with Crippen LogP contribution in [0.4, 0.5) is 0 Å². The summed E-state index contributed by atoms with van der Waals surface area (Å²) < 4.78 is 0.778. The summed E-state index contributed by atoms with van der Waals surface area (Å²) in [6, 6.07) is 0. The van der Waals surface area contributed by atoms with Crippen LogP contribution in [0.3, 0.4) is 0 Å². The quantitative estimate of drug-likeness (QED) is 0.534. The molecular weight excluding hydrogens is 140 g/mol. The van der Waals surface area contributed by atoms with Crippen LogP contribution in [0.5, 0.6) is 0 Å². The summed E-state index contributed by atoms with van der Waals surface area (Å²) in [6.45, 7) is 2.00. The first-order valence-electron chi connectivity index (χ1n) is 4.43. The molecular formula is C8H19N2O+. The first-order valence-corrected chi connectivity index (χ1v) is 4.43. The maximum absolute atomic E-state index is 5.29. The standard InChI is InChI=1S/C8H19N2O/c1-10(2)7-5-3-4-6-8-11-9-10/h9H,3-8H2,1-2H3/q+1. The number of hydrogen-bond acceptors (Lipinski definition) is 2. The molecule has 0 bridgehead atoms. The summed E-state index contributed by atoms with van der Waals surface area (Å²) in [7, 11) is 4.26. The van der Waals surface area contributed by atoms with Crippen LogP contribution in [0.1, 0.15) is 25.7 Å². The van der Waals surface area contributed by atoms with Gasteiger partial charge in [0.05, 0.1) is 27.2 Å². The van der Waals surface area contributed by atoms with Crippen molar-refractivity contribution >= 4 is 0 Å². The van der Waals surface area contributed by atoms with E-state index in [1.165, 1.54) is 25.7 Å². The second-order valence-corrected chi connectivity index (χ2v) is 3.76. The molecule has 1 N–H and O–H groups in total. The van der Waals surface area contributed by atoms with Crippen LogP contribution in [-0.4, -0.2) is 31.8 Å². The number of nitrogens with one attached hydrogen (secondary N) is 1. The summed E-state index contributed by atoms with van der Waals surface area (Å²) >= 11 is 0. The largest absolute Gasteiger partial charge is 0.256 e. The molecule has 0 spiro atoms. The summed E-state index contributed by atoms with van der Waals surface area (Å²) in [5.74, 6) is 0. The zero-order chi connectivity index (χ0) is 8.16. The van der Waals surface area contributed by atoms with Crippen molar-refractivity contribution in [1.82, 2.24) is 5.59 Å². The zero-order valence-electron chi connectivity index (χ0n) is 7.60. The van der Waals surface area contributed by atoms with E-state index in [-0.39, 0.29) is 0 Å². The van der Waals surface area contributed by atoms with Gasteiger partial charge in [-0.2, -0.15) is 0 Å². The van der Waals surface area contributed by atoms with Gasteiger partial charge in [-0.15, -0.1) is 0 Å². The molecule has 0 aromatic heterocycles. The second kappa shape index (κ2) is 4.04. The molecule has 0 unspecified atom stereocenters. The number of hydrogen-bond donors (Lipinski definition) is 1. The smallest absolute Gasteiger partial charge is 0.0977 e. The van der Waals surface area contributed by atoms with Gasteiger partial charge in [0.25, 0.3) is 0 Å². The van der Waals surface area contributed by atoms with E-state index in [1.807, 2.05) is 0 Å². The van der Waals surface area contributed by atoms with Crippen molar-refractivity contribution in [3.05, 3.63) is 0 Å². The lowest BCUT2D eigenvalue weighted by molar-refractivity contribution is -0.961. The van der Waals surface area contributed by atoms with Crippen molar-refractivity contribution in [3.8, 4) is 0 Å². The number of quaternary nitrogens is 1. The van der Waals surface area contributed by atoms with E-state index in [9.17, 15) is 0 Å². The van der Waals surface area contributed by atoms with Crippen molar-refractivity contribution in [3.63, 3.8) is 0 Å². The minimum Gasteiger partial charge on any atom is -0.256 e. The zero-order valence-corrected chi connectivity index (χ0v) is 7.60. The van der Waals surface area contributed by atoms with Gasteiger partial charge >= 0.3 is 0 Å². The first-order chi connectivity index (χ1) is 5.21. The molecule has 0 saturated carbocycles. The molecule has 0 aliphatic carbocycles. The third-order valence-corrected chi connectivity index (χ3v) is 2.03. The highest BCUT2D eigenvalue weighted by Gasteiger charge is 2.15. The molecule has 0 aromatic rings. The third-order valence-electron chi connectivity index (χ3n) is 2.03. The van der Waals surface area contributed by atoms with E-state index in [4.69, 9.17) is 4.84 Å². The molecule has 3 nitrogen and oxygen atoms in total. The minimum atomic E-state index is 0.778. The van der Waals surface area contributed by atoms with Gasteiger partial charge in [-0.05, 0) is 24.9 Å². The normalized spacial score (nSPS) is 26.7. The van der Waals surface area contributed by atoms with Gasteiger partial charge in [0, 0.05) is 0 Å². The first kappa shape index (κ1) is 8.97. The predicted molar refractivity (Wildman–Crippen MR) is 44.5 cm³/mol. The summed E-state index contributed by atoms with van der Waals surface area (Å²) in [4.78, 5) is 5.29. The summed E-state index contributed by atoms with van der Waals surface area (Å²) in [6.07, 6.45) is 5.13. The van der Waals surface area contributed by atoms with Crippen LogP contribution in [0, 0.1) is 0 Å². The maximum Gasteiger partial charge on any atom is 0.0977 e. The van der Waals surface area contributed by atoms with E-state index in [0.717, 1.165) is 17.7 Å². The number of rotatable bonds is 0. The van der Waals surface area contributed by atoms with Crippen LogP contribution in [0.2, 0.25) is 0 Å². The van der Waals surface area contributed by atoms with E-state index < -0.39 is 0 Å². The maximum atomic E-state index is 5.29. The van der Waals surface area contributed by atoms with E-state index >= 15 is 0 Å². The Kier molecular flexibility index (Phi) is 3.30. The lowest BCUT2D eigenvalue weighted by Crippen LogP contribution is -2.51. The van der Waals surface area contributed by atoms with Gasteiger partial charge in [-0.1, -0.05) is 6.42 Å². The molecule has 1 rings (SSSR count). The van der Waals surface area contributed by atoms with Gasteiger partial charge in [-0.3, -0.25) is 4.84 Å². The Bertz CT molecular complexity index is 103. The molecule has 0 radical (unpaired) electrons. The lowest BCUT2D eigenvalue weighted by atomic mass is 10.2. The average Bonchev–Trinajstić information content (AvgIpc) is 2.00. The Labute approximate surface area is 68.8 Å². The third kappa shape index (κ3) is 3.70. The molecule has 1 saturated heterocycles. The Morgan fingerprint density at radius 3 is 2.64 bits per heavy atom. The minimum absolute atomic E-state index is 0.778. The van der Waals surface area contributed by atoms with Gasteiger partial charge in [0.2, 0.25) is 0 Å². The average molecular weight is 159 g/mol. The molecule has 0 atom stereocenters. The van der Waals surface area contributed by atoms with Crippen LogP contribution in [-0.2, 0) is 4.84 Å². The Morgan fingerprint density at radius 1 is 1.09 bits per heavy atom. The Morgan fingerprint density at radius 2 is 1.82 bits per heavy atom. The Hall–Kier alpha value is -0.120. The SMILES string of the molecule is C[N+]1(C)CCCCCCON1. The highest BCUT2D eigenvalue weighted by molar-refractivity contribution is 4.42. The molecule has 0 aromatic carbocycles. The highest BCUT2D eigenvalue weighted by Crippen LogP contribution is 2.05. The molecule has 1 fully saturated rings. The number of nitrogens with zero attached hydrogens (tertiary/aromatic N) is 1. The highest BCUT2D eigenvalue weighted by atomic mass is 16.7. The van der Waals surface area contributed by atoms with Crippen molar-refractivity contribution < 1.29 is 9.43 Å². The topological polar surface area (TPSA) is 21.3 Å². The molecule has 11 heavy (non-hydrogen) atoms. The fourth-order valence-corrected chi connectivity index (χ4v) is 1.30. The predicted octanol–water partition coefficient (Wildman–Crippen LogP) is 1.07. The lowest BCUT2D eigenvalue weighted by Gasteiger charge is -2.27. The molecule has 3 heteroatoms. The van der Waals surface area contributed by atoms with Crippen molar-refractivity contribution in [1.29, 1.82) is 0 Å². The molecule has 1 heterocycles. The van der Waals surface area contributed by atoms with E-state index in [2.05, 4.69) is 19.7 Å². The van der Waals surface area contributed by atoms with Crippen LogP contribution < -0.4 is 5.59 Å². The van der Waals surface area contributed by atoms with Crippen molar-refractivity contribution in [2.45, 2.75) is 25.7 Å². The van der Waals surface area contributed by atoms with E-state index in [0.29, 0.717) is 0 Å². The van der Waals surface area contributed by atoms with Crippen molar-refractivity contribution in [2.75, 3.05) is 27.2 Å². The second-order valence-electron chi connectivity index (χ2n) is 3.76. The van der Waals surface area contributed by atoms with E-state index in [1.54, 1.807) is 0 Å². The van der Waals surface area contributed by atoms with Crippen LogP contribution in [0.25, 0.3) is 0 Å². The molecule has 1 aliphatic heterocycles. The molecule has 0 amide bonds. The van der Waals surface area contributed by atoms with Gasteiger partial charge in [0.1, 0.15) is 0 Å². The van der Waals surface area contributed by atoms with Gasteiger partial charge in [-0.25, -0.2) is 4.59 Å². The van der Waals surface area contributed by atoms with Crippen LogP contribution >= 0.6 is 0 Å². The molecule has 1 aliphatic rings. The molecule has 66 valence electrons. The van der Waals surface area contributed by atoms with Gasteiger partial charge in [0.15, 0.2) is 0 Å². The van der Waals surface area contributed by atoms with Crippen molar-refractivity contribution in [2.24, 2.45) is 0 Å². The fraction of sp³-hybridized carbons (Fsp3) is 1.00. The monoisotopic (exact) mass is 159 g/mol. The Balaban J connectivity index is 2.31. The summed E-state index contributed by atoms with van der Waals surface area (Å²) in [5.41, 5.74) is 3.04. The fourth-order valence-electron chi connectivity index (χ4n) is 1.30. The summed E-state index contributed by atoms with van der Waals surface area (Å²) in [5, 5.41) is 0.